The lowest BCUT2D eigenvalue weighted by atomic mass is 9.99. The Morgan fingerprint density at radius 1 is 1.48 bits per heavy atom. The fraction of sp³-hybridized carbons (Fsp3) is 0.500. The first-order valence-corrected chi connectivity index (χ1v) is 9.17. The monoisotopic (exact) mass is 338 g/mol. The molecular formula is C14H18N4O4S. The van der Waals surface area contributed by atoms with Crippen molar-refractivity contribution in [3.63, 3.8) is 0 Å². The maximum atomic E-state index is 12.4. The second kappa shape index (κ2) is 5.89. The molecule has 1 saturated heterocycles. The minimum atomic E-state index is -3.27. The fourth-order valence-corrected chi connectivity index (χ4v) is 3.63. The molecule has 124 valence electrons. The van der Waals surface area contributed by atoms with Gasteiger partial charge < -0.3 is 9.84 Å². The zero-order valence-corrected chi connectivity index (χ0v) is 13.8. The van der Waals surface area contributed by atoms with Gasteiger partial charge in [-0.25, -0.2) is 17.7 Å². The SMILES string of the molecule is Cc1noc2ncc(NC(=O)[C@H]3CCCN(S(C)(=O)=O)C3)cc12. The number of hydrogen-bond acceptors (Lipinski definition) is 6. The van der Waals surface area contributed by atoms with Crippen LogP contribution in [0.3, 0.4) is 0 Å². The van der Waals surface area contributed by atoms with Gasteiger partial charge in [-0.2, -0.15) is 0 Å². The van der Waals surface area contributed by atoms with E-state index in [2.05, 4.69) is 15.5 Å². The van der Waals surface area contributed by atoms with Crippen LogP contribution < -0.4 is 5.32 Å². The van der Waals surface area contributed by atoms with Crippen molar-refractivity contribution in [2.45, 2.75) is 19.8 Å². The molecule has 3 rings (SSSR count). The third kappa shape index (κ3) is 3.35. The molecule has 1 amide bonds. The zero-order valence-electron chi connectivity index (χ0n) is 12.9. The minimum Gasteiger partial charge on any atom is -0.336 e. The number of amides is 1. The van der Waals surface area contributed by atoms with Crippen molar-refractivity contribution in [1.82, 2.24) is 14.4 Å². The highest BCUT2D eigenvalue weighted by atomic mass is 32.2. The van der Waals surface area contributed by atoms with Gasteiger partial charge in [-0.1, -0.05) is 5.16 Å². The van der Waals surface area contributed by atoms with Gasteiger partial charge in [-0.05, 0) is 25.8 Å². The van der Waals surface area contributed by atoms with E-state index in [0.717, 1.165) is 5.39 Å². The molecule has 1 aliphatic rings. The summed E-state index contributed by atoms with van der Waals surface area (Å²) in [4.78, 5) is 16.5. The Morgan fingerprint density at radius 2 is 2.26 bits per heavy atom. The van der Waals surface area contributed by atoms with Crippen LogP contribution in [-0.2, 0) is 14.8 Å². The largest absolute Gasteiger partial charge is 0.336 e. The van der Waals surface area contributed by atoms with Gasteiger partial charge in [0.2, 0.25) is 15.9 Å². The van der Waals surface area contributed by atoms with E-state index in [-0.39, 0.29) is 18.4 Å². The summed E-state index contributed by atoms with van der Waals surface area (Å²) in [6.07, 6.45) is 4.01. The van der Waals surface area contributed by atoms with E-state index < -0.39 is 10.0 Å². The normalized spacial score (nSPS) is 19.8. The Balaban J connectivity index is 1.73. The molecule has 2 aromatic heterocycles. The van der Waals surface area contributed by atoms with Crippen LogP contribution in [0.4, 0.5) is 5.69 Å². The van der Waals surface area contributed by atoms with Gasteiger partial charge in [0, 0.05) is 13.1 Å². The summed E-state index contributed by atoms with van der Waals surface area (Å²) in [5.74, 6) is -0.564. The van der Waals surface area contributed by atoms with Gasteiger partial charge in [0.1, 0.15) is 0 Å². The van der Waals surface area contributed by atoms with Gasteiger partial charge in [0.05, 0.1) is 35.1 Å². The van der Waals surface area contributed by atoms with Crippen molar-refractivity contribution in [2.75, 3.05) is 24.7 Å². The predicted molar refractivity (Wildman–Crippen MR) is 84.3 cm³/mol. The summed E-state index contributed by atoms with van der Waals surface area (Å²) in [6, 6.07) is 1.75. The number of pyridine rings is 1. The molecule has 1 atom stereocenters. The van der Waals surface area contributed by atoms with Crippen LogP contribution in [0.1, 0.15) is 18.5 Å². The molecule has 8 nitrogen and oxygen atoms in total. The maximum absolute atomic E-state index is 12.4. The van der Waals surface area contributed by atoms with Crippen molar-refractivity contribution in [2.24, 2.45) is 5.92 Å². The standard InChI is InChI=1S/C14H18N4O4S/c1-9-12-6-11(7-15-14(12)22-17-9)16-13(19)10-4-3-5-18(8-10)23(2,20)21/h6-7,10H,3-5,8H2,1-2H3,(H,16,19)/t10-/m0/s1. The molecule has 0 spiro atoms. The van der Waals surface area contributed by atoms with Crippen LogP contribution in [0.5, 0.6) is 0 Å². The maximum Gasteiger partial charge on any atom is 0.258 e. The highest BCUT2D eigenvalue weighted by Gasteiger charge is 2.30. The Bertz CT molecular complexity index is 846. The van der Waals surface area contributed by atoms with E-state index in [9.17, 15) is 13.2 Å². The molecule has 1 N–H and O–H groups in total. The number of carbonyl (C=O) groups is 1. The predicted octanol–water partition coefficient (Wildman–Crippen LogP) is 1.14. The topological polar surface area (TPSA) is 105 Å². The number of hydrogen-bond donors (Lipinski definition) is 1. The Labute approximate surface area is 133 Å². The number of carbonyl (C=O) groups excluding carboxylic acids is 1. The lowest BCUT2D eigenvalue weighted by Crippen LogP contribution is -2.43. The van der Waals surface area contributed by atoms with Gasteiger partial charge in [0.25, 0.3) is 5.71 Å². The lowest BCUT2D eigenvalue weighted by molar-refractivity contribution is -0.120. The second-order valence-electron chi connectivity index (χ2n) is 5.79. The van der Waals surface area contributed by atoms with Crippen molar-refractivity contribution >= 4 is 32.7 Å². The van der Waals surface area contributed by atoms with E-state index in [4.69, 9.17) is 4.52 Å². The van der Waals surface area contributed by atoms with Gasteiger partial charge in [-0.3, -0.25) is 4.79 Å². The van der Waals surface area contributed by atoms with Crippen molar-refractivity contribution in [3.05, 3.63) is 18.0 Å². The summed E-state index contributed by atoms with van der Waals surface area (Å²) in [5.41, 5.74) is 1.66. The van der Waals surface area contributed by atoms with Gasteiger partial charge in [0.15, 0.2) is 0 Å². The molecule has 23 heavy (non-hydrogen) atoms. The summed E-state index contributed by atoms with van der Waals surface area (Å²) >= 11 is 0. The Morgan fingerprint density at radius 3 is 3.00 bits per heavy atom. The van der Waals surface area contributed by atoms with Crippen molar-refractivity contribution < 1.29 is 17.7 Å². The summed E-state index contributed by atoms with van der Waals surface area (Å²) in [7, 11) is -3.27. The summed E-state index contributed by atoms with van der Waals surface area (Å²) < 4.78 is 29.7. The van der Waals surface area contributed by atoms with E-state index in [1.807, 2.05) is 0 Å². The number of aromatic nitrogens is 2. The third-order valence-corrected chi connectivity index (χ3v) is 5.27. The highest BCUT2D eigenvalue weighted by Crippen LogP contribution is 2.23. The molecule has 0 aromatic carbocycles. The summed E-state index contributed by atoms with van der Waals surface area (Å²) in [5, 5.41) is 7.36. The average molecular weight is 338 g/mol. The molecule has 1 fully saturated rings. The number of anilines is 1. The van der Waals surface area contributed by atoms with Crippen LogP contribution in [0.15, 0.2) is 16.8 Å². The van der Waals surface area contributed by atoms with Crippen LogP contribution in [0.2, 0.25) is 0 Å². The fourth-order valence-electron chi connectivity index (χ4n) is 2.72. The highest BCUT2D eigenvalue weighted by molar-refractivity contribution is 7.88. The van der Waals surface area contributed by atoms with Gasteiger partial charge in [-0.15, -0.1) is 0 Å². The lowest BCUT2D eigenvalue weighted by Gasteiger charge is -2.30. The molecule has 0 unspecified atom stereocenters. The Hall–Kier alpha value is -2.00. The van der Waals surface area contributed by atoms with E-state index in [1.165, 1.54) is 16.8 Å². The molecule has 3 heterocycles. The average Bonchev–Trinajstić information content (AvgIpc) is 2.88. The number of nitrogens with one attached hydrogen (secondary N) is 1. The van der Waals surface area contributed by atoms with Crippen LogP contribution >= 0.6 is 0 Å². The molecule has 2 aromatic rings. The molecule has 0 radical (unpaired) electrons. The molecular weight excluding hydrogens is 320 g/mol. The number of sulfonamides is 1. The van der Waals surface area contributed by atoms with Gasteiger partial charge >= 0.3 is 0 Å². The van der Waals surface area contributed by atoms with E-state index in [0.29, 0.717) is 36.5 Å². The first-order chi connectivity index (χ1) is 10.8. The number of aryl methyl sites for hydroxylation is 1. The quantitative estimate of drug-likeness (QED) is 0.900. The first kappa shape index (κ1) is 15.9. The number of fused-ring (bicyclic) bond motifs is 1. The second-order valence-corrected chi connectivity index (χ2v) is 7.78. The van der Waals surface area contributed by atoms with Crippen LogP contribution in [0, 0.1) is 12.8 Å². The zero-order chi connectivity index (χ0) is 16.6. The number of rotatable bonds is 3. The van der Waals surface area contributed by atoms with E-state index in [1.54, 1.807) is 13.0 Å². The van der Waals surface area contributed by atoms with Crippen molar-refractivity contribution in [1.29, 1.82) is 0 Å². The summed E-state index contributed by atoms with van der Waals surface area (Å²) in [6.45, 7) is 2.48. The smallest absolute Gasteiger partial charge is 0.258 e. The first-order valence-electron chi connectivity index (χ1n) is 7.32. The third-order valence-electron chi connectivity index (χ3n) is 4.00. The minimum absolute atomic E-state index is 0.200. The number of piperidine rings is 1. The van der Waals surface area contributed by atoms with Crippen LogP contribution in [0.25, 0.3) is 11.1 Å². The van der Waals surface area contributed by atoms with Crippen molar-refractivity contribution in [3.8, 4) is 0 Å². The molecule has 0 saturated carbocycles. The number of nitrogens with zero attached hydrogens (tertiary/aromatic N) is 3. The Kier molecular flexibility index (Phi) is 4.07. The molecule has 1 aliphatic heterocycles. The molecule has 0 bridgehead atoms. The molecule has 0 aliphatic carbocycles. The van der Waals surface area contributed by atoms with E-state index >= 15 is 0 Å². The molecule has 9 heteroatoms. The van der Waals surface area contributed by atoms with Crippen LogP contribution in [-0.4, -0.2) is 48.1 Å².